The van der Waals surface area contributed by atoms with E-state index in [1.165, 1.54) is 6.07 Å². The highest BCUT2D eigenvalue weighted by Gasteiger charge is 2.45. The number of anilines is 2. The van der Waals surface area contributed by atoms with E-state index in [2.05, 4.69) is 30.2 Å². The van der Waals surface area contributed by atoms with Crippen molar-refractivity contribution in [1.29, 1.82) is 0 Å². The maximum absolute atomic E-state index is 13.9. The van der Waals surface area contributed by atoms with Crippen LogP contribution in [0.25, 0.3) is 17.2 Å². The number of halogens is 3. The zero-order valence-electron chi connectivity index (χ0n) is 15.3. The predicted octanol–water partition coefficient (Wildman–Crippen LogP) is 4.14. The fraction of sp³-hybridized carbons (Fsp3) is 0.368. The number of nitrogens with zero attached hydrogens (tertiary/aromatic N) is 4. The molecule has 0 bridgehead atoms. The molecule has 1 saturated heterocycles. The molecule has 0 saturated carbocycles. The molecule has 1 fully saturated rings. The molecule has 150 valence electrons. The summed E-state index contributed by atoms with van der Waals surface area (Å²) in [5.41, 5.74) is 3.69. The van der Waals surface area contributed by atoms with Gasteiger partial charge in [-0.3, -0.25) is 4.57 Å². The van der Waals surface area contributed by atoms with Crippen molar-refractivity contribution in [2.45, 2.75) is 25.4 Å². The maximum Gasteiger partial charge on any atom is 0.244 e. The van der Waals surface area contributed by atoms with Gasteiger partial charge in [-0.1, -0.05) is 28.4 Å². The highest BCUT2D eigenvalue weighted by Crippen LogP contribution is 2.58. The molecule has 6 rings (SSSR count). The number of nitrogens with one attached hydrogen (secondary N) is 2. The normalized spacial score (nSPS) is 19.4. The van der Waals surface area contributed by atoms with Crippen LogP contribution in [0, 0.1) is 5.82 Å². The third-order valence-corrected chi connectivity index (χ3v) is 6.55. The lowest BCUT2D eigenvalue weighted by atomic mass is 10.1. The zero-order chi connectivity index (χ0) is 19.7. The Morgan fingerprint density at radius 2 is 2.14 bits per heavy atom. The van der Waals surface area contributed by atoms with Crippen LogP contribution < -0.4 is 15.5 Å². The Balaban J connectivity index is 1.31. The Morgan fingerprint density at radius 3 is 2.97 bits per heavy atom. The summed E-state index contributed by atoms with van der Waals surface area (Å²) >= 11 is 12.5. The number of aromatic nitrogens is 3. The van der Waals surface area contributed by atoms with Crippen LogP contribution >= 0.6 is 23.2 Å². The van der Waals surface area contributed by atoms with Crippen molar-refractivity contribution in [2.24, 2.45) is 0 Å². The first-order valence-electron chi connectivity index (χ1n) is 9.61. The molecule has 7 nitrogen and oxygen atoms in total. The molecule has 0 amide bonds. The minimum atomic E-state index is -0.461. The van der Waals surface area contributed by atoms with Gasteiger partial charge in [-0.05, 0) is 31.5 Å². The Morgan fingerprint density at radius 1 is 1.24 bits per heavy atom. The fourth-order valence-electron chi connectivity index (χ4n) is 4.29. The summed E-state index contributed by atoms with van der Waals surface area (Å²) < 4.78 is 21.5. The van der Waals surface area contributed by atoms with Crippen molar-refractivity contribution < 1.29 is 8.91 Å². The van der Waals surface area contributed by atoms with Crippen molar-refractivity contribution >= 4 is 34.7 Å². The van der Waals surface area contributed by atoms with Crippen LogP contribution in [0.2, 0.25) is 10.0 Å². The van der Waals surface area contributed by atoms with E-state index < -0.39 is 5.82 Å². The first kappa shape index (κ1) is 17.6. The zero-order valence-corrected chi connectivity index (χ0v) is 16.8. The fourth-order valence-corrected chi connectivity index (χ4v) is 4.78. The van der Waals surface area contributed by atoms with E-state index in [1.54, 1.807) is 6.07 Å². The van der Waals surface area contributed by atoms with Gasteiger partial charge in [0, 0.05) is 30.2 Å². The van der Waals surface area contributed by atoms with Crippen molar-refractivity contribution in [1.82, 2.24) is 20.0 Å². The molecule has 2 N–H and O–H groups in total. The molecule has 4 aliphatic heterocycles. The number of hydrogen-bond acceptors (Lipinski definition) is 6. The van der Waals surface area contributed by atoms with Gasteiger partial charge in [0.1, 0.15) is 28.7 Å². The summed E-state index contributed by atoms with van der Waals surface area (Å²) in [5.74, 6) is 1.79. The Bertz CT molecular complexity index is 1140. The van der Waals surface area contributed by atoms with Gasteiger partial charge < -0.3 is 20.1 Å². The van der Waals surface area contributed by atoms with Crippen LogP contribution in [0.5, 0.6) is 0 Å². The van der Waals surface area contributed by atoms with E-state index in [1.807, 2.05) is 0 Å². The van der Waals surface area contributed by atoms with Crippen molar-refractivity contribution in [3.63, 3.8) is 0 Å². The van der Waals surface area contributed by atoms with Crippen molar-refractivity contribution in [2.75, 3.05) is 29.9 Å². The van der Waals surface area contributed by atoms with E-state index in [-0.39, 0.29) is 11.1 Å². The average molecular weight is 435 g/mol. The van der Waals surface area contributed by atoms with Gasteiger partial charge >= 0.3 is 0 Å². The lowest BCUT2D eigenvalue weighted by molar-refractivity contribution is 0.345. The number of hydrogen-bond donors (Lipinski definition) is 2. The van der Waals surface area contributed by atoms with Crippen LogP contribution in [-0.2, 0) is 6.54 Å². The quantitative estimate of drug-likeness (QED) is 0.470. The maximum atomic E-state index is 13.9. The molecular formula is C19H17Cl2FN6O. The van der Waals surface area contributed by atoms with Crippen molar-refractivity contribution in [3.05, 3.63) is 39.4 Å². The van der Waals surface area contributed by atoms with Gasteiger partial charge in [0.25, 0.3) is 0 Å². The van der Waals surface area contributed by atoms with Gasteiger partial charge in [-0.25, -0.2) is 4.39 Å². The monoisotopic (exact) mass is 434 g/mol. The Hall–Kier alpha value is -2.29. The Kier molecular flexibility index (Phi) is 3.85. The second kappa shape index (κ2) is 6.35. The second-order valence-corrected chi connectivity index (χ2v) is 8.29. The minimum Gasteiger partial charge on any atom is -0.368 e. The smallest absolute Gasteiger partial charge is 0.244 e. The van der Waals surface area contributed by atoms with E-state index in [9.17, 15) is 4.39 Å². The molecule has 5 heterocycles. The number of rotatable bonds is 4. The summed E-state index contributed by atoms with van der Waals surface area (Å²) in [6.07, 6.45) is 2.12. The van der Waals surface area contributed by atoms with Crippen LogP contribution in [0.4, 0.5) is 15.9 Å². The van der Waals surface area contributed by atoms with E-state index >= 15 is 0 Å². The molecule has 0 radical (unpaired) electrons. The molecule has 2 aromatic rings. The topological polar surface area (TPSA) is 71.2 Å². The van der Waals surface area contributed by atoms with Crippen molar-refractivity contribution in [3.8, 4) is 17.2 Å². The molecule has 1 aromatic heterocycles. The number of fused-ring (bicyclic) bond motifs is 4. The highest BCUT2D eigenvalue weighted by molar-refractivity contribution is 6.36. The molecule has 29 heavy (non-hydrogen) atoms. The van der Waals surface area contributed by atoms with Gasteiger partial charge in [-0.15, -0.1) is 0 Å². The molecule has 4 aliphatic rings. The summed E-state index contributed by atoms with van der Waals surface area (Å²) in [6.45, 7) is 2.94. The molecule has 0 spiro atoms. The van der Waals surface area contributed by atoms with E-state index in [0.29, 0.717) is 28.8 Å². The third kappa shape index (κ3) is 2.59. The van der Waals surface area contributed by atoms with E-state index in [4.69, 9.17) is 27.7 Å². The largest absolute Gasteiger partial charge is 0.368 e. The lowest BCUT2D eigenvalue weighted by Gasteiger charge is -2.35. The van der Waals surface area contributed by atoms with Gasteiger partial charge in [0.05, 0.1) is 11.1 Å². The van der Waals surface area contributed by atoms with Gasteiger partial charge in [-0.2, -0.15) is 4.98 Å². The Labute approximate surface area is 175 Å². The molecular weight excluding hydrogens is 418 g/mol. The van der Waals surface area contributed by atoms with Gasteiger partial charge in [0.2, 0.25) is 11.7 Å². The summed E-state index contributed by atoms with van der Waals surface area (Å²) in [7, 11) is 0. The van der Waals surface area contributed by atoms with Crippen LogP contribution in [0.3, 0.4) is 0 Å². The summed E-state index contributed by atoms with van der Waals surface area (Å²) in [4.78, 5) is 6.76. The van der Waals surface area contributed by atoms with Gasteiger partial charge in [0.15, 0.2) is 0 Å². The van der Waals surface area contributed by atoms with Crippen LogP contribution in [-0.4, -0.2) is 34.3 Å². The van der Waals surface area contributed by atoms with Crippen LogP contribution in [0.15, 0.2) is 16.7 Å². The summed E-state index contributed by atoms with van der Waals surface area (Å²) in [6, 6.07) is 2.97. The molecule has 1 aromatic carbocycles. The highest BCUT2D eigenvalue weighted by atomic mass is 35.5. The minimum absolute atomic E-state index is 0.0752. The second-order valence-electron chi connectivity index (χ2n) is 7.51. The summed E-state index contributed by atoms with van der Waals surface area (Å²) in [5, 5.41) is 11.5. The third-order valence-electron chi connectivity index (χ3n) is 5.78. The lowest BCUT2D eigenvalue weighted by Crippen LogP contribution is -2.36. The standard InChI is InChI=1S/C19H17Cl2FN6O/c20-10-3-4-11(22)13(21)9(10)8-27-7-6-24-18-16(27)14-15(28(14)18)17-25-19(29-26-17)12-2-1-5-23-12/h3-4,12,23-24H,1-2,5-8H2. The first-order valence-corrected chi connectivity index (χ1v) is 10.4. The average Bonchev–Trinajstić information content (AvgIpc) is 3.12. The predicted molar refractivity (Wildman–Crippen MR) is 109 cm³/mol. The molecule has 10 heteroatoms. The molecule has 1 atom stereocenters. The molecule has 0 aliphatic carbocycles. The van der Waals surface area contributed by atoms with Crippen LogP contribution in [0.1, 0.15) is 30.3 Å². The first-order chi connectivity index (χ1) is 14.1. The van der Waals surface area contributed by atoms with E-state index in [0.717, 1.165) is 55.4 Å². The SMILES string of the molecule is Fc1ccc(Cl)c(CN2CCNc3c2c2c(-c4noc(C5CCCN5)n4)n3-2)c1Cl. The molecule has 1 unspecified atom stereocenters. The number of benzene rings is 1.